The van der Waals surface area contributed by atoms with E-state index in [0.717, 1.165) is 0 Å². The Balaban J connectivity index is 1.64. The van der Waals surface area contributed by atoms with E-state index in [0.29, 0.717) is 10.9 Å². The zero-order valence-corrected chi connectivity index (χ0v) is 19.7. The Bertz CT molecular complexity index is 1590. The number of ether oxygens (including phenoxy) is 1. The van der Waals surface area contributed by atoms with Gasteiger partial charge in [0.1, 0.15) is 11.3 Å². The molecule has 0 aliphatic heterocycles. The predicted octanol–water partition coefficient (Wildman–Crippen LogP) is 3.40. The monoisotopic (exact) mass is 517 g/mol. The molecule has 0 unspecified atom stereocenters. The van der Waals surface area contributed by atoms with Crippen molar-refractivity contribution in [3.05, 3.63) is 93.5 Å². The second-order valence-corrected chi connectivity index (χ2v) is 9.22. The fourth-order valence-corrected chi connectivity index (χ4v) is 4.43. The first-order valence-electron chi connectivity index (χ1n) is 10.7. The molecule has 0 fully saturated rings. The molecule has 0 saturated heterocycles. The minimum atomic E-state index is -4.10. The summed E-state index contributed by atoms with van der Waals surface area (Å²) in [5.41, 5.74) is -0.0544. The molecule has 2 heterocycles. The summed E-state index contributed by atoms with van der Waals surface area (Å²) in [5.74, 6) is -1.53. The molecule has 0 aliphatic rings. The number of anilines is 1. The van der Waals surface area contributed by atoms with Crippen LogP contribution in [-0.2, 0) is 16.6 Å². The van der Waals surface area contributed by atoms with Gasteiger partial charge in [-0.25, -0.2) is 18.6 Å². The maximum absolute atomic E-state index is 15.1. The van der Waals surface area contributed by atoms with Crippen LogP contribution in [0.5, 0.6) is 11.6 Å². The maximum atomic E-state index is 15.1. The summed E-state index contributed by atoms with van der Waals surface area (Å²) in [6, 6.07) is 11.3. The molecule has 12 heteroatoms. The molecule has 0 aliphatic carbocycles. The van der Waals surface area contributed by atoms with E-state index < -0.39 is 34.1 Å². The van der Waals surface area contributed by atoms with Gasteiger partial charge in [0, 0.05) is 36.2 Å². The Labute approximate surface area is 204 Å². The maximum Gasteiger partial charge on any atom is 0.340 e. The van der Waals surface area contributed by atoms with Gasteiger partial charge < -0.3 is 14.3 Å². The Morgan fingerprint density at radius 2 is 1.94 bits per heavy atom. The topological polar surface area (TPSA) is 131 Å². The fourth-order valence-electron chi connectivity index (χ4n) is 3.55. The standard InChI is InChI=1S/C24H21F2N3O6S/c1-14-17-8-7-16(34-23-19(25)5-3-9-27-23)13-21(17)35-24(31)18(14)12-15-4-2-6-20(22(15)26)29-36(32,33)28-10-11-30/h2-9,13,28-30H,10-12H2,1H3. The molecule has 0 radical (unpaired) electrons. The van der Waals surface area contributed by atoms with Gasteiger partial charge in [0.25, 0.3) is 16.1 Å². The van der Waals surface area contributed by atoms with Crippen LogP contribution in [0.3, 0.4) is 0 Å². The molecular weight excluding hydrogens is 496 g/mol. The van der Waals surface area contributed by atoms with Gasteiger partial charge in [0.05, 0.1) is 12.3 Å². The average molecular weight is 518 g/mol. The zero-order chi connectivity index (χ0) is 25.9. The van der Waals surface area contributed by atoms with Crippen LogP contribution in [0.25, 0.3) is 11.0 Å². The van der Waals surface area contributed by atoms with Crippen LogP contribution >= 0.6 is 0 Å². The van der Waals surface area contributed by atoms with E-state index in [9.17, 15) is 17.6 Å². The van der Waals surface area contributed by atoms with E-state index >= 15 is 4.39 Å². The normalized spacial score (nSPS) is 11.6. The molecule has 0 atom stereocenters. The summed E-state index contributed by atoms with van der Waals surface area (Å²) >= 11 is 0. The molecule has 2 aromatic heterocycles. The fraction of sp³-hybridized carbons (Fsp3) is 0.167. The first-order valence-corrected chi connectivity index (χ1v) is 12.2. The highest BCUT2D eigenvalue weighted by Crippen LogP contribution is 2.29. The van der Waals surface area contributed by atoms with Crippen molar-refractivity contribution < 1.29 is 31.5 Å². The van der Waals surface area contributed by atoms with Crippen molar-refractivity contribution in [1.29, 1.82) is 0 Å². The van der Waals surface area contributed by atoms with E-state index in [1.165, 1.54) is 42.6 Å². The molecule has 9 nitrogen and oxygen atoms in total. The van der Waals surface area contributed by atoms with Gasteiger partial charge in [-0.1, -0.05) is 12.1 Å². The number of halogens is 2. The lowest BCUT2D eigenvalue weighted by atomic mass is 9.99. The summed E-state index contributed by atoms with van der Waals surface area (Å²) < 4.78 is 67.9. The number of nitrogens with one attached hydrogen (secondary N) is 2. The van der Waals surface area contributed by atoms with Crippen molar-refractivity contribution in [2.24, 2.45) is 0 Å². The zero-order valence-electron chi connectivity index (χ0n) is 18.9. The highest BCUT2D eigenvalue weighted by molar-refractivity contribution is 7.90. The predicted molar refractivity (Wildman–Crippen MR) is 128 cm³/mol. The summed E-state index contributed by atoms with van der Waals surface area (Å²) in [5, 5.41) is 9.35. The highest BCUT2D eigenvalue weighted by atomic mass is 32.2. The number of hydrogen-bond donors (Lipinski definition) is 3. The Kier molecular flexibility index (Phi) is 7.29. The van der Waals surface area contributed by atoms with E-state index in [1.54, 1.807) is 19.1 Å². The number of fused-ring (bicyclic) bond motifs is 1. The van der Waals surface area contributed by atoms with Crippen molar-refractivity contribution in [3.8, 4) is 11.6 Å². The van der Waals surface area contributed by atoms with Crippen LogP contribution in [-0.4, -0.2) is 31.7 Å². The van der Waals surface area contributed by atoms with Gasteiger partial charge in [-0.3, -0.25) is 4.72 Å². The Hall–Kier alpha value is -3.87. The van der Waals surface area contributed by atoms with Gasteiger partial charge in [-0.2, -0.15) is 13.1 Å². The molecule has 0 saturated carbocycles. The smallest absolute Gasteiger partial charge is 0.340 e. The first-order chi connectivity index (χ1) is 17.2. The molecule has 0 bridgehead atoms. The minimum absolute atomic E-state index is 0.0673. The number of nitrogens with zero attached hydrogens (tertiary/aromatic N) is 1. The van der Waals surface area contributed by atoms with Crippen molar-refractivity contribution in [2.75, 3.05) is 17.9 Å². The van der Waals surface area contributed by atoms with Crippen LogP contribution in [0.2, 0.25) is 0 Å². The molecule has 4 aromatic rings. The number of hydrogen-bond acceptors (Lipinski definition) is 7. The molecular formula is C24H21F2N3O6S. The van der Waals surface area contributed by atoms with E-state index in [2.05, 4.69) is 14.4 Å². The second-order valence-electron chi connectivity index (χ2n) is 7.72. The third kappa shape index (κ3) is 5.51. The van der Waals surface area contributed by atoms with Crippen molar-refractivity contribution >= 4 is 26.9 Å². The number of pyridine rings is 1. The molecule has 2 aromatic carbocycles. The summed E-state index contributed by atoms with van der Waals surface area (Å²) in [6.45, 7) is 1.02. The molecule has 0 amide bonds. The Morgan fingerprint density at radius 3 is 2.69 bits per heavy atom. The third-order valence-corrected chi connectivity index (χ3v) is 6.36. The lowest BCUT2D eigenvalue weighted by Gasteiger charge is -2.13. The first kappa shape index (κ1) is 25.2. The van der Waals surface area contributed by atoms with Crippen LogP contribution in [0.15, 0.2) is 63.9 Å². The molecule has 4 rings (SSSR count). The number of aryl methyl sites for hydroxylation is 1. The van der Waals surface area contributed by atoms with Gasteiger partial charge in [0.2, 0.25) is 0 Å². The summed E-state index contributed by atoms with van der Waals surface area (Å²) in [4.78, 5) is 16.6. The largest absolute Gasteiger partial charge is 0.436 e. The lowest BCUT2D eigenvalue weighted by Crippen LogP contribution is -2.32. The van der Waals surface area contributed by atoms with Gasteiger partial charge in [0.15, 0.2) is 11.6 Å². The molecule has 36 heavy (non-hydrogen) atoms. The molecule has 188 valence electrons. The lowest BCUT2D eigenvalue weighted by molar-refractivity contribution is 0.301. The minimum Gasteiger partial charge on any atom is -0.436 e. The number of rotatable bonds is 9. The second kappa shape index (κ2) is 10.4. The molecule has 0 spiro atoms. The number of benzene rings is 2. The quantitative estimate of drug-likeness (QED) is 0.290. The van der Waals surface area contributed by atoms with Gasteiger partial charge in [-0.15, -0.1) is 0 Å². The highest BCUT2D eigenvalue weighted by Gasteiger charge is 2.18. The van der Waals surface area contributed by atoms with Crippen LogP contribution in [0.1, 0.15) is 16.7 Å². The van der Waals surface area contributed by atoms with Crippen LogP contribution < -0.4 is 19.8 Å². The number of aromatic nitrogens is 1. The van der Waals surface area contributed by atoms with Crippen LogP contribution in [0.4, 0.5) is 14.5 Å². The summed E-state index contributed by atoms with van der Waals surface area (Å²) in [6.07, 6.45) is 1.22. The van der Waals surface area contributed by atoms with E-state index in [-0.39, 0.29) is 47.0 Å². The van der Waals surface area contributed by atoms with Crippen molar-refractivity contribution in [1.82, 2.24) is 9.71 Å². The molecule has 3 N–H and O–H groups in total. The number of aliphatic hydroxyl groups excluding tert-OH is 1. The van der Waals surface area contributed by atoms with Crippen molar-refractivity contribution in [2.45, 2.75) is 13.3 Å². The number of aliphatic hydroxyl groups is 1. The third-order valence-electron chi connectivity index (χ3n) is 5.29. The van der Waals surface area contributed by atoms with E-state index in [1.807, 2.05) is 0 Å². The average Bonchev–Trinajstić information content (AvgIpc) is 2.84. The SMILES string of the molecule is Cc1c(Cc2cccc(NS(=O)(=O)NCCO)c2F)c(=O)oc2cc(Oc3ncccc3F)ccc12. The Morgan fingerprint density at radius 1 is 1.14 bits per heavy atom. The van der Waals surface area contributed by atoms with E-state index in [4.69, 9.17) is 14.3 Å². The van der Waals surface area contributed by atoms with Gasteiger partial charge in [-0.05, 0) is 48.4 Å². The van der Waals surface area contributed by atoms with Gasteiger partial charge >= 0.3 is 5.63 Å². The van der Waals surface area contributed by atoms with Crippen molar-refractivity contribution in [3.63, 3.8) is 0 Å². The van der Waals surface area contributed by atoms with Crippen LogP contribution in [0, 0.1) is 18.6 Å². The summed E-state index contributed by atoms with van der Waals surface area (Å²) in [7, 11) is -4.10.